The van der Waals surface area contributed by atoms with E-state index in [0.717, 1.165) is 54.7 Å². The average molecular weight is 388 g/mol. The third-order valence-electron chi connectivity index (χ3n) is 6.27. The van der Waals surface area contributed by atoms with Gasteiger partial charge in [0.25, 0.3) is 0 Å². The highest BCUT2D eigenvalue weighted by atomic mass is 16.2. The number of ketones is 1. The Labute approximate surface area is 167 Å². The average Bonchev–Trinajstić information content (AvgIpc) is 2.86. The van der Waals surface area contributed by atoms with Gasteiger partial charge in [-0.2, -0.15) is 0 Å². The van der Waals surface area contributed by atoms with Gasteiger partial charge in [0, 0.05) is 43.0 Å². The molecular weight excluding hydrogens is 354 g/mol. The maximum absolute atomic E-state index is 13.0. The number of hydrogen-bond donors (Lipinski definition) is 1. The zero-order valence-corrected chi connectivity index (χ0v) is 17.6. The Morgan fingerprint density at radius 3 is 2.61 bits per heavy atom. The monoisotopic (exact) mass is 387 g/mol. The van der Waals surface area contributed by atoms with Gasteiger partial charge in [-0.05, 0) is 43.6 Å². The minimum absolute atomic E-state index is 0.0110. The molecule has 6 heteroatoms. The molecule has 1 unspecified atom stereocenters. The Morgan fingerprint density at radius 1 is 1.25 bits per heavy atom. The van der Waals surface area contributed by atoms with Gasteiger partial charge in [-0.15, -0.1) is 0 Å². The molecular formula is C22H33N3O3. The highest BCUT2D eigenvalue weighted by molar-refractivity contribution is 6.01. The van der Waals surface area contributed by atoms with E-state index in [1.807, 2.05) is 6.92 Å². The highest BCUT2D eigenvalue weighted by Crippen LogP contribution is 2.39. The maximum Gasteiger partial charge on any atom is 0.227 e. The van der Waals surface area contributed by atoms with E-state index in [2.05, 4.69) is 25.3 Å². The van der Waals surface area contributed by atoms with Gasteiger partial charge in [0.1, 0.15) is 0 Å². The van der Waals surface area contributed by atoms with Gasteiger partial charge in [0.05, 0.1) is 12.3 Å². The first-order valence-corrected chi connectivity index (χ1v) is 10.5. The molecule has 2 amide bonds. The van der Waals surface area contributed by atoms with Crippen molar-refractivity contribution in [3.8, 4) is 0 Å². The number of carbonyl (C=O) groups is 3. The first-order chi connectivity index (χ1) is 13.1. The van der Waals surface area contributed by atoms with Crippen molar-refractivity contribution in [2.75, 3.05) is 13.1 Å². The Balaban J connectivity index is 1.91. The summed E-state index contributed by atoms with van der Waals surface area (Å²) in [4.78, 5) is 39.3. The molecule has 1 aliphatic carbocycles. The Bertz CT molecular complexity index is 806. The summed E-state index contributed by atoms with van der Waals surface area (Å²) in [6, 6.07) is 0. The first-order valence-electron chi connectivity index (χ1n) is 10.5. The summed E-state index contributed by atoms with van der Waals surface area (Å²) in [5.74, 6) is -0.457. The molecule has 6 nitrogen and oxygen atoms in total. The minimum Gasteiger partial charge on any atom is -0.369 e. The molecule has 1 aliphatic heterocycles. The molecule has 0 radical (unpaired) electrons. The zero-order chi connectivity index (χ0) is 20.6. The van der Waals surface area contributed by atoms with Gasteiger partial charge in [-0.25, -0.2) is 0 Å². The molecule has 28 heavy (non-hydrogen) atoms. The third kappa shape index (κ3) is 3.87. The number of hydrogen-bond acceptors (Lipinski definition) is 3. The smallest absolute Gasteiger partial charge is 0.227 e. The van der Waals surface area contributed by atoms with Crippen molar-refractivity contribution < 1.29 is 14.4 Å². The quantitative estimate of drug-likeness (QED) is 0.843. The summed E-state index contributed by atoms with van der Waals surface area (Å²) >= 11 is 0. The maximum atomic E-state index is 13.0. The number of amides is 2. The van der Waals surface area contributed by atoms with E-state index in [1.54, 1.807) is 4.90 Å². The van der Waals surface area contributed by atoms with E-state index >= 15 is 0 Å². The van der Waals surface area contributed by atoms with Crippen LogP contribution < -0.4 is 5.73 Å². The largest absolute Gasteiger partial charge is 0.369 e. The standard InChI is InChI=1S/C22H33N3O3/c1-5-8-25-14(2)16(20-17(25)11-22(3,4)12-18(20)26)10-19(27)24-9-6-7-15(13-24)21(23)28/h15H,5-13H2,1-4H3,(H2,23,28). The summed E-state index contributed by atoms with van der Waals surface area (Å²) in [5, 5.41) is 0. The van der Waals surface area contributed by atoms with Crippen LogP contribution in [0, 0.1) is 18.3 Å². The number of nitrogens with two attached hydrogens (primary N) is 1. The van der Waals surface area contributed by atoms with Crippen molar-refractivity contribution in [2.24, 2.45) is 17.1 Å². The van der Waals surface area contributed by atoms with Crippen LogP contribution in [-0.2, 0) is 29.0 Å². The predicted octanol–water partition coefficient (Wildman–Crippen LogP) is 2.63. The molecule has 1 saturated heterocycles. The van der Waals surface area contributed by atoms with Crippen LogP contribution in [0.15, 0.2) is 0 Å². The lowest BCUT2D eigenvalue weighted by Crippen LogP contribution is -2.44. The summed E-state index contributed by atoms with van der Waals surface area (Å²) in [5.41, 5.74) is 9.20. The SMILES string of the molecule is CCCn1c(C)c(CC(=O)N2CCCC(C(N)=O)C2)c2c1CC(C)(C)CC2=O. The van der Waals surface area contributed by atoms with Crippen LogP contribution in [0.5, 0.6) is 0 Å². The minimum atomic E-state index is -0.336. The first kappa shape index (κ1) is 20.6. The second kappa shape index (κ2) is 7.72. The number of primary amides is 1. The summed E-state index contributed by atoms with van der Waals surface area (Å²) in [6.07, 6.45) is 4.12. The third-order valence-corrected chi connectivity index (χ3v) is 6.27. The van der Waals surface area contributed by atoms with Crippen molar-refractivity contribution in [3.63, 3.8) is 0 Å². The molecule has 0 saturated carbocycles. The fraction of sp³-hybridized carbons (Fsp3) is 0.682. The molecule has 1 atom stereocenters. The molecule has 1 aromatic heterocycles. The second-order valence-electron chi connectivity index (χ2n) is 9.24. The molecule has 154 valence electrons. The molecule has 2 aliphatic rings. The Kier molecular flexibility index (Phi) is 5.69. The number of piperidine rings is 1. The summed E-state index contributed by atoms with van der Waals surface area (Å²) in [7, 11) is 0. The molecule has 1 aromatic rings. The Morgan fingerprint density at radius 2 is 1.96 bits per heavy atom. The van der Waals surface area contributed by atoms with Crippen molar-refractivity contribution in [1.29, 1.82) is 0 Å². The fourth-order valence-electron chi connectivity index (χ4n) is 4.85. The van der Waals surface area contributed by atoms with Crippen molar-refractivity contribution in [1.82, 2.24) is 9.47 Å². The normalized spacial score (nSPS) is 21.5. The van der Waals surface area contributed by atoms with Crippen LogP contribution >= 0.6 is 0 Å². The van der Waals surface area contributed by atoms with Gasteiger partial charge in [-0.1, -0.05) is 20.8 Å². The lowest BCUT2D eigenvalue weighted by molar-refractivity contribution is -0.134. The summed E-state index contributed by atoms with van der Waals surface area (Å²) < 4.78 is 2.25. The second-order valence-corrected chi connectivity index (χ2v) is 9.24. The number of nitrogens with zero attached hydrogens (tertiary/aromatic N) is 2. The van der Waals surface area contributed by atoms with Crippen LogP contribution in [0.25, 0.3) is 0 Å². The summed E-state index contributed by atoms with van der Waals surface area (Å²) in [6.45, 7) is 10.3. The van der Waals surface area contributed by atoms with E-state index in [-0.39, 0.29) is 35.4 Å². The van der Waals surface area contributed by atoms with Crippen LogP contribution in [-0.4, -0.2) is 40.2 Å². The van der Waals surface area contributed by atoms with Crippen molar-refractivity contribution in [3.05, 3.63) is 22.5 Å². The number of aromatic nitrogens is 1. The van der Waals surface area contributed by atoms with E-state index in [9.17, 15) is 14.4 Å². The molecule has 0 bridgehead atoms. The number of likely N-dealkylation sites (tertiary alicyclic amines) is 1. The highest BCUT2D eigenvalue weighted by Gasteiger charge is 2.37. The molecule has 2 N–H and O–H groups in total. The molecule has 0 aromatic carbocycles. The number of Topliss-reactive ketones (excluding diaryl/α,β-unsaturated/α-hetero) is 1. The molecule has 1 fully saturated rings. The van der Waals surface area contributed by atoms with Crippen LogP contribution in [0.1, 0.15) is 73.8 Å². The topological polar surface area (TPSA) is 85.4 Å². The lowest BCUT2D eigenvalue weighted by Gasteiger charge is -2.32. The van der Waals surface area contributed by atoms with E-state index in [4.69, 9.17) is 5.73 Å². The van der Waals surface area contributed by atoms with Crippen molar-refractivity contribution >= 4 is 17.6 Å². The molecule has 3 rings (SSSR count). The number of rotatable bonds is 5. The number of fused-ring (bicyclic) bond motifs is 1. The van der Waals surface area contributed by atoms with Gasteiger partial charge in [0.15, 0.2) is 5.78 Å². The van der Waals surface area contributed by atoms with Crippen LogP contribution in [0.4, 0.5) is 0 Å². The zero-order valence-electron chi connectivity index (χ0n) is 17.6. The predicted molar refractivity (Wildman–Crippen MR) is 108 cm³/mol. The Hall–Kier alpha value is -2.11. The lowest BCUT2D eigenvalue weighted by atomic mass is 9.75. The fourth-order valence-corrected chi connectivity index (χ4v) is 4.85. The van der Waals surface area contributed by atoms with Gasteiger partial charge in [-0.3, -0.25) is 14.4 Å². The van der Waals surface area contributed by atoms with E-state index in [1.165, 1.54) is 0 Å². The van der Waals surface area contributed by atoms with E-state index in [0.29, 0.717) is 19.5 Å². The van der Waals surface area contributed by atoms with Gasteiger partial charge in [0.2, 0.25) is 11.8 Å². The van der Waals surface area contributed by atoms with Crippen molar-refractivity contribution in [2.45, 2.75) is 72.8 Å². The van der Waals surface area contributed by atoms with Crippen LogP contribution in [0.2, 0.25) is 0 Å². The number of carbonyl (C=O) groups excluding carboxylic acids is 3. The molecule has 2 heterocycles. The van der Waals surface area contributed by atoms with Gasteiger partial charge >= 0.3 is 0 Å². The van der Waals surface area contributed by atoms with E-state index < -0.39 is 0 Å². The van der Waals surface area contributed by atoms with Gasteiger partial charge < -0.3 is 15.2 Å². The molecule has 0 spiro atoms. The van der Waals surface area contributed by atoms with Crippen LogP contribution in [0.3, 0.4) is 0 Å².